The Morgan fingerprint density at radius 2 is 2.06 bits per heavy atom. The molecule has 2 aromatic heterocycles. The highest BCUT2D eigenvalue weighted by Crippen LogP contribution is 2.13. The van der Waals surface area contributed by atoms with Crippen molar-refractivity contribution >= 4 is 11.8 Å². The fourth-order valence-corrected chi connectivity index (χ4v) is 2.44. The van der Waals surface area contributed by atoms with Crippen LogP contribution in [0.4, 0.5) is 0 Å². The molecule has 0 fully saturated rings. The number of nitrogens with zero attached hydrogens (tertiary/aromatic N) is 2. The SMILES string of the molecule is Cc1cc(C)nc(SCCNCc2ccoc2)n1. The Bertz CT molecular complexity index is 465. The lowest BCUT2D eigenvalue weighted by Gasteiger charge is -2.04. The summed E-state index contributed by atoms with van der Waals surface area (Å²) in [5, 5.41) is 4.21. The van der Waals surface area contributed by atoms with Crippen molar-refractivity contribution in [3.8, 4) is 0 Å². The zero-order chi connectivity index (χ0) is 12.8. The van der Waals surface area contributed by atoms with Crippen LogP contribution in [0, 0.1) is 13.8 Å². The molecule has 0 radical (unpaired) electrons. The molecule has 0 aliphatic rings. The third-order valence-electron chi connectivity index (χ3n) is 2.38. The van der Waals surface area contributed by atoms with Gasteiger partial charge >= 0.3 is 0 Å². The Hall–Kier alpha value is -1.33. The van der Waals surface area contributed by atoms with E-state index in [1.165, 1.54) is 5.56 Å². The topological polar surface area (TPSA) is 51.0 Å². The van der Waals surface area contributed by atoms with Crippen molar-refractivity contribution in [3.63, 3.8) is 0 Å². The molecule has 5 heteroatoms. The molecule has 0 unspecified atom stereocenters. The Morgan fingerprint density at radius 3 is 2.72 bits per heavy atom. The molecule has 0 saturated carbocycles. The van der Waals surface area contributed by atoms with Crippen molar-refractivity contribution in [1.82, 2.24) is 15.3 Å². The first-order chi connectivity index (χ1) is 8.74. The van der Waals surface area contributed by atoms with Crippen molar-refractivity contribution in [2.45, 2.75) is 25.5 Å². The molecule has 2 rings (SSSR count). The van der Waals surface area contributed by atoms with Crippen molar-refractivity contribution in [2.24, 2.45) is 0 Å². The van der Waals surface area contributed by atoms with Gasteiger partial charge < -0.3 is 9.73 Å². The minimum Gasteiger partial charge on any atom is -0.472 e. The molecule has 2 aromatic rings. The number of furan rings is 1. The lowest BCUT2D eigenvalue weighted by atomic mass is 10.3. The van der Waals surface area contributed by atoms with Gasteiger partial charge in [0.25, 0.3) is 0 Å². The van der Waals surface area contributed by atoms with Crippen LogP contribution in [-0.4, -0.2) is 22.3 Å². The summed E-state index contributed by atoms with van der Waals surface area (Å²) in [6.45, 7) is 5.75. The number of hydrogen-bond acceptors (Lipinski definition) is 5. The summed E-state index contributed by atoms with van der Waals surface area (Å²) in [5.41, 5.74) is 3.22. The summed E-state index contributed by atoms with van der Waals surface area (Å²) in [6.07, 6.45) is 3.45. The zero-order valence-electron chi connectivity index (χ0n) is 10.6. The third kappa shape index (κ3) is 4.16. The van der Waals surface area contributed by atoms with Gasteiger partial charge in [-0.25, -0.2) is 9.97 Å². The van der Waals surface area contributed by atoms with E-state index in [-0.39, 0.29) is 0 Å². The molecule has 0 aromatic carbocycles. The molecule has 96 valence electrons. The summed E-state index contributed by atoms with van der Waals surface area (Å²) in [5.74, 6) is 0.959. The first kappa shape index (κ1) is 13.1. The number of aryl methyl sites for hydroxylation is 2. The van der Waals surface area contributed by atoms with Gasteiger partial charge in [0.2, 0.25) is 0 Å². The second kappa shape index (κ2) is 6.56. The van der Waals surface area contributed by atoms with Crippen molar-refractivity contribution in [2.75, 3.05) is 12.3 Å². The molecule has 18 heavy (non-hydrogen) atoms. The summed E-state index contributed by atoms with van der Waals surface area (Å²) in [6, 6.07) is 3.95. The van der Waals surface area contributed by atoms with Crippen LogP contribution >= 0.6 is 11.8 Å². The van der Waals surface area contributed by atoms with Gasteiger partial charge in [-0.3, -0.25) is 0 Å². The van der Waals surface area contributed by atoms with Crippen molar-refractivity contribution in [3.05, 3.63) is 41.6 Å². The number of nitrogens with one attached hydrogen (secondary N) is 1. The van der Waals surface area contributed by atoms with E-state index in [0.29, 0.717) is 0 Å². The van der Waals surface area contributed by atoms with Gasteiger partial charge in [0.1, 0.15) is 0 Å². The van der Waals surface area contributed by atoms with Crippen molar-refractivity contribution in [1.29, 1.82) is 0 Å². The first-order valence-electron chi connectivity index (χ1n) is 5.91. The molecule has 4 nitrogen and oxygen atoms in total. The Balaban J connectivity index is 1.68. The van der Waals surface area contributed by atoms with Gasteiger partial charge in [-0.05, 0) is 26.0 Å². The van der Waals surface area contributed by atoms with E-state index in [1.54, 1.807) is 24.3 Å². The van der Waals surface area contributed by atoms with Crippen LogP contribution in [0.3, 0.4) is 0 Å². The van der Waals surface area contributed by atoms with E-state index in [4.69, 9.17) is 4.42 Å². The van der Waals surface area contributed by atoms with Crippen LogP contribution in [0.25, 0.3) is 0 Å². The summed E-state index contributed by atoms with van der Waals surface area (Å²) in [4.78, 5) is 8.78. The van der Waals surface area contributed by atoms with Gasteiger partial charge in [-0.2, -0.15) is 0 Å². The van der Waals surface area contributed by atoms with Gasteiger partial charge in [-0.15, -0.1) is 0 Å². The first-order valence-corrected chi connectivity index (χ1v) is 6.89. The minimum absolute atomic E-state index is 0.838. The standard InChI is InChI=1S/C13H17N3OS/c1-10-7-11(2)16-13(15-10)18-6-4-14-8-12-3-5-17-9-12/h3,5,7,9,14H,4,6,8H2,1-2H3. The maximum absolute atomic E-state index is 5.00. The normalized spacial score (nSPS) is 10.8. The fraction of sp³-hybridized carbons (Fsp3) is 0.385. The zero-order valence-corrected chi connectivity index (χ0v) is 11.5. The minimum atomic E-state index is 0.838. The maximum atomic E-state index is 5.00. The highest BCUT2D eigenvalue weighted by Gasteiger charge is 2.00. The number of aromatic nitrogens is 2. The van der Waals surface area contributed by atoms with Gasteiger partial charge in [0.05, 0.1) is 12.5 Å². The predicted molar refractivity (Wildman–Crippen MR) is 72.6 cm³/mol. The van der Waals surface area contributed by atoms with Crippen LogP contribution < -0.4 is 5.32 Å². The molecule has 0 aliphatic carbocycles. The quantitative estimate of drug-likeness (QED) is 0.493. The molecule has 0 bridgehead atoms. The average Bonchev–Trinajstić information content (AvgIpc) is 2.80. The molecule has 0 spiro atoms. The number of hydrogen-bond donors (Lipinski definition) is 1. The van der Waals surface area contributed by atoms with E-state index in [0.717, 1.165) is 35.4 Å². The van der Waals surface area contributed by atoms with E-state index < -0.39 is 0 Å². The Kier molecular flexibility index (Phi) is 4.78. The third-order valence-corrected chi connectivity index (χ3v) is 3.23. The summed E-state index contributed by atoms with van der Waals surface area (Å²) in [7, 11) is 0. The number of rotatable bonds is 6. The van der Waals surface area contributed by atoms with Gasteiger partial charge in [0, 0.05) is 35.8 Å². The highest BCUT2D eigenvalue weighted by molar-refractivity contribution is 7.99. The van der Waals surface area contributed by atoms with E-state index in [1.807, 2.05) is 26.0 Å². The molecule has 0 aliphatic heterocycles. The van der Waals surface area contributed by atoms with E-state index >= 15 is 0 Å². The number of thioether (sulfide) groups is 1. The summed E-state index contributed by atoms with van der Waals surface area (Å²) >= 11 is 1.68. The maximum Gasteiger partial charge on any atom is 0.188 e. The van der Waals surface area contributed by atoms with Crippen LogP contribution in [0.15, 0.2) is 34.2 Å². The lowest BCUT2D eigenvalue weighted by Crippen LogP contribution is -2.16. The van der Waals surface area contributed by atoms with Gasteiger partial charge in [-0.1, -0.05) is 11.8 Å². The molecule has 0 amide bonds. The molecule has 2 heterocycles. The molecular formula is C13H17N3OS. The largest absolute Gasteiger partial charge is 0.472 e. The molecule has 0 saturated heterocycles. The lowest BCUT2D eigenvalue weighted by molar-refractivity contribution is 0.561. The second-order valence-corrected chi connectivity index (χ2v) is 5.15. The van der Waals surface area contributed by atoms with Crippen LogP contribution in [-0.2, 0) is 6.54 Å². The van der Waals surface area contributed by atoms with Crippen LogP contribution in [0.2, 0.25) is 0 Å². The Morgan fingerprint density at radius 1 is 1.28 bits per heavy atom. The van der Waals surface area contributed by atoms with E-state index in [2.05, 4.69) is 15.3 Å². The Labute approximate surface area is 111 Å². The smallest absolute Gasteiger partial charge is 0.188 e. The van der Waals surface area contributed by atoms with Crippen LogP contribution in [0.1, 0.15) is 17.0 Å². The molecular weight excluding hydrogens is 246 g/mol. The van der Waals surface area contributed by atoms with Crippen LogP contribution in [0.5, 0.6) is 0 Å². The molecule has 1 N–H and O–H groups in total. The fourth-order valence-electron chi connectivity index (χ4n) is 1.60. The monoisotopic (exact) mass is 263 g/mol. The van der Waals surface area contributed by atoms with Crippen molar-refractivity contribution < 1.29 is 4.42 Å². The summed E-state index contributed by atoms with van der Waals surface area (Å²) < 4.78 is 5.00. The second-order valence-electron chi connectivity index (χ2n) is 4.09. The van der Waals surface area contributed by atoms with E-state index in [9.17, 15) is 0 Å². The van der Waals surface area contributed by atoms with Gasteiger partial charge in [0.15, 0.2) is 5.16 Å². The molecule has 0 atom stereocenters. The highest BCUT2D eigenvalue weighted by atomic mass is 32.2. The predicted octanol–water partition coefficient (Wildman–Crippen LogP) is 2.57. The average molecular weight is 263 g/mol.